The lowest BCUT2D eigenvalue weighted by molar-refractivity contribution is 0.197. The van der Waals surface area contributed by atoms with E-state index in [0.717, 1.165) is 26.1 Å². The van der Waals surface area contributed by atoms with Crippen molar-refractivity contribution in [3.8, 4) is 0 Å². The van der Waals surface area contributed by atoms with Crippen molar-refractivity contribution in [3.63, 3.8) is 0 Å². The third-order valence-electron chi connectivity index (χ3n) is 3.18. The third kappa shape index (κ3) is 5.19. The number of nitrogens with one attached hydrogen (secondary N) is 1. The molecule has 0 bridgehead atoms. The Bertz CT molecular complexity index is 323. The highest BCUT2D eigenvalue weighted by Gasteiger charge is 2.10. The quantitative estimate of drug-likeness (QED) is 0.686. The van der Waals surface area contributed by atoms with E-state index in [9.17, 15) is 0 Å². The first-order chi connectivity index (χ1) is 8.67. The summed E-state index contributed by atoms with van der Waals surface area (Å²) in [6, 6.07) is 2.58. The molecule has 0 aliphatic carbocycles. The number of rotatable bonds is 9. The monoisotopic (exact) mass is 253 g/mol. The minimum Gasteiger partial charge on any atom is -0.383 e. The molecule has 1 aromatic rings. The SMILES string of the molecule is CCC(CNCCOC)Cc1ccn(C(C)C)n1. The Morgan fingerprint density at radius 1 is 1.44 bits per heavy atom. The van der Waals surface area contributed by atoms with Crippen molar-refractivity contribution in [1.82, 2.24) is 15.1 Å². The molecule has 0 saturated carbocycles. The summed E-state index contributed by atoms with van der Waals surface area (Å²) in [5.74, 6) is 0.650. The maximum Gasteiger partial charge on any atom is 0.0627 e. The summed E-state index contributed by atoms with van der Waals surface area (Å²) >= 11 is 0. The fourth-order valence-electron chi connectivity index (χ4n) is 1.91. The van der Waals surface area contributed by atoms with Crippen molar-refractivity contribution in [3.05, 3.63) is 18.0 Å². The van der Waals surface area contributed by atoms with Gasteiger partial charge >= 0.3 is 0 Å². The molecule has 0 aromatic carbocycles. The van der Waals surface area contributed by atoms with Crippen LogP contribution in [0.5, 0.6) is 0 Å². The van der Waals surface area contributed by atoms with Gasteiger partial charge in [0.2, 0.25) is 0 Å². The minimum absolute atomic E-state index is 0.443. The molecule has 0 saturated heterocycles. The van der Waals surface area contributed by atoms with Crippen LogP contribution in [0.3, 0.4) is 0 Å². The first-order valence-corrected chi connectivity index (χ1v) is 6.91. The zero-order valence-corrected chi connectivity index (χ0v) is 12.1. The van der Waals surface area contributed by atoms with E-state index in [1.807, 2.05) is 4.68 Å². The van der Waals surface area contributed by atoms with Crippen molar-refractivity contribution >= 4 is 0 Å². The van der Waals surface area contributed by atoms with E-state index < -0.39 is 0 Å². The number of aromatic nitrogens is 2. The number of methoxy groups -OCH3 is 1. The van der Waals surface area contributed by atoms with E-state index in [4.69, 9.17) is 4.74 Å². The Morgan fingerprint density at radius 2 is 2.22 bits per heavy atom. The van der Waals surface area contributed by atoms with Gasteiger partial charge in [0.05, 0.1) is 12.3 Å². The molecule has 104 valence electrons. The number of hydrogen-bond acceptors (Lipinski definition) is 3. The Kier molecular flexibility index (Phi) is 6.98. The summed E-state index contributed by atoms with van der Waals surface area (Å²) in [5.41, 5.74) is 1.20. The molecule has 1 heterocycles. The van der Waals surface area contributed by atoms with Crippen LogP contribution in [0.4, 0.5) is 0 Å². The van der Waals surface area contributed by atoms with Gasteiger partial charge in [0, 0.05) is 25.9 Å². The summed E-state index contributed by atoms with van der Waals surface area (Å²) in [4.78, 5) is 0. The molecule has 4 nitrogen and oxygen atoms in total. The second-order valence-corrected chi connectivity index (χ2v) is 5.06. The summed E-state index contributed by atoms with van der Waals surface area (Å²) < 4.78 is 7.06. The summed E-state index contributed by atoms with van der Waals surface area (Å²) in [5, 5.41) is 8.03. The van der Waals surface area contributed by atoms with Crippen LogP contribution < -0.4 is 5.32 Å². The van der Waals surface area contributed by atoms with E-state index in [2.05, 4.69) is 43.4 Å². The van der Waals surface area contributed by atoms with Gasteiger partial charge in [-0.1, -0.05) is 13.3 Å². The molecule has 0 aliphatic rings. The maximum atomic E-state index is 5.03. The molecule has 1 unspecified atom stereocenters. The predicted octanol–water partition coefficient (Wildman–Crippen LogP) is 2.27. The Morgan fingerprint density at radius 3 is 2.78 bits per heavy atom. The summed E-state index contributed by atoms with van der Waals surface area (Å²) in [6.07, 6.45) is 4.30. The number of hydrogen-bond donors (Lipinski definition) is 1. The van der Waals surface area contributed by atoms with Gasteiger partial charge < -0.3 is 10.1 Å². The van der Waals surface area contributed by atoms with Crippen LogP contribution in [0.2, 0.25) is 0 Å². The van der Waals surface area contributed by atoms with Crippen LogP contribution in [0.25, 0.3) is 0 Å². The topological polar surface area (TPSA) is 39.1 Å². The van der Waals surface area contributed by atoms with Gasteiger partial charge in [-0.25, -0.2) is 0 Å². The van der Waals surface area contributed by atoms with Crippen LogP contribution in [-0.2, 0) is 11.2 Å². The molecule has 0 aliphatic heterocycles. The Hall–Kier alpha value is -0.870. The first kappa shape index (κ1) is 15.2. The third-order valence-corrected chi connectivity index (χ3v) is 3.18. The van der Waals surface area contributed by atoms with E-state index in [1.165, 1.54) is 12.1 Å². The lowest BCUT2D eigenvalue weighted by Crippen LogP contribution is -2.27. The van der Waals surface area contributed by atoms with Crippen molar-refractivity contribution in [2.75, 3.05) is 26.8 Å². The van der Waals surface area contributed by atoms with Crippen LogP contribution in [0, 0.1) is 5.92 Å². The summed E-state index contributed by atoms with van der Waals surface area (Å²) in [6.45, 7) is 9.28. The molecule has 1 aromatic heterocycles. The lowest BCUT2D eigenvalue weighted by atomic mass is 10.0. The van der Waals surface area contributed by atoms with Crippen molar-refractivity contribution < 1.29 is 4.74 Å². The average Bonchev–Trinajstić information content (AvgIpc) is 2.81. The first-order valence-electron chi connectivity index (χ1n) is 6.91. The van der Waals surface area contributed by atoms with Gasteiger partial charge in [0.25, 0.3) is 0 Å². The van der Waals surface area contributed by atoms with Gasteiger partial charge in [-0.2, -0.15) is 5.10 Å². The molecule has 0 radical (unpaired) electrons. The van der Waals surface area contributed by atoms with Gasteiger partial charge in [-0.3, -0.25) is 4.68 Å². The predicted molar refractivity (Wildman–Crippen MR) is 74.8 cm³/mol. The second-order valence-electron chi connectivity index (χ2n) is 5.06. The van der Waals surface area contributed by atoms with Crippen LogP contribution in [0.15, 0.2) is 12.3 Å². The number of nitrogens with zero attached hydrogens (tertiary/aromatic N) is 2. The molecule has 0 spiro atoms. The number of ether oxygens (including phenoxy) is 1. The zero-order chi connectivity index (χ0) is 13.4. The highest BCUT2D eigenvalue weighted by molar-refractivity contribution is 5.01. The second kappa shape index (κ2) is 8.27. The highest BCUT2D eigenvalue weighted by atomic mass is 16.5. The molecule has 4 heteroatoms. The fourth-order valence-corrected chi connectivity index (χ4v) is 1.91. The average molecular weight is 253 g/mol. The standard InChI is InChI=1S/C14H27N3O/c1-5-13(11-15-7-9-18-4)10-14-6-8-17(16-14)12(2)3/h6,8,12-13,15H,5,7,9-11H2,1-4H3. The van der Waals surface area contributed by atoms with Gasteiger partial charge in [0.15, 0.2) is 0 Å². The zero-order valence-electron chi connectivity index (χ0n) is 12.1. The molecule has 18 heavy (non-hydrogen) atoms. The smallest absolute Gasteiger partial charge is 0.0627 e. The molecule has 1 N–H and O–H groups in total. The molecule has 1 atom stereocenters. The van der Waals surface area contributed by atoms with E-state index >= 15 is 0 Å². The minimum atomic E-state index is 0.443. The van der Waals surface area contributed by atoms with Gasteiger partial charge in [-0.05, 0) is 38.8 Å². The molecular weight excluding hydrogens is 226 g/mol. The van der Waals surface area contributed by atoms with Crippen molar-refractivity contribution in [2.45, 2.75) is 39.7 Å². The Balaban J connectivity index is 2.36. The van der Waals surface area contributed by atoms with Crippen LogP contribution >= 0.6 is 0 Å². The lowest BCUT2D eigenvalue weighted by Gasteiger charge is -2.14. The van der Waals surface area contributed by atoms with Gasteiger partial charge in [0.1, 0.15) is 0 Å². The summed E-state index contributed by atoms with van der Waals surface area (Å²) in [7, 11) is 1.73. The van der Waals surface area contributed by atoms with Crippen molar-refractivity contribution in [1.29, 1.82) is 0 Å². The van der Waals surface area contributed by atoms with E-state index in [1.54, 1.807) is 7.11 Å². The van der Waals surface area contributed by atoms with Gasteiger partial charge in [-0.15, -0.1) is 0 Å². The van der Waals surface area contributed by atoms with E-state index in [-0.39, 0.29) is 0 Å². The largest absolute Gasteiger partial charge is 0.383 e. The van der Waals surface area contributed by atoms with E-state index in [0.29, 0.717) is 12.0 Å². The van der Waals surface area contributed by atoms with Crippen LogP contribution in [-0.4, -0.2) is 36.6 Å². The van der Waals surface area contributed by atoms with Crippen molar-refractivity contribution in [2.24, 2.45) is 5.92 Å². The Labute approximate surface area is 111 Å². The maximum absolute atomic E-state index is 5.03. The highest BCUT2D eigenvalue weighted by Crippen LogP contribution is 2.11. The molecule has 1 rings (SSSR count). The molecule has 0 amide bonds. The normalized spacial score (nSPS) is 13.2. The van der Waals surface area contributed by atoms with Crippen LogP contribution in [0.1, 0.15) is 38.9 Å². The fraction of sp³-hybridized carbons (Fsp3) is 0.786. The molecule has 0 fully saturated rings. The molecular formula is C14H27N3O.